The van der Waals surface area contributed by atoms with Gasteiger partial charge in [0, 0.05) is 31.8 Å². The van der Waals surface area contributed by atoms with Crippen molar-refractivity contribution in [2.24, 2.45) is 5.73 Å². The molecule has 24 heteroatoms. The second kappa shape index (κ2) is 41.5. The van der Waals surface area contributed by atoms with Crippen LogP contribution in [0.1, 0.15) is 56.7 Å². The molecule has 0 radical (unpaired) electrons. The number of amides is 3. The number of hydrogen-bond acceptors (Lipinski definition) is 19. The van der Waals surface area contributed by atoms with Crippen molar-refractivity contribution in [3.63, 3.8) is 0 Å². The summed E-state index contributed by atoms with van der Waals surface area (Å²) in [6, 6.07) is -0.580. The van der Waals surface area contributed by atoms with Gasteiger partial charge in [0.15, 0.2) is 10.9 Å². The lowest BCUT2D eigenvalue weighted by Gasteiger charge is -2.15. The van der Waals surface area contributed by atoms with Gasteiger partial charge in [-0.05, 0) is 39.2 Å². The Morgan fingerprint density at radius 3 is 1.80 bits per heavy atom. The summed E-state index contributed by atoms with van der Waals surface area (Å²) in [4.78, 5) is 56.2. The predicted molar refractivity (Wildman–Crippen MR) is 245 cm³/mol. The molecule has 370 valence electrons. The molecule has 2 heterocycles. The van der Waals surface area contributed by atoms with Crippen LogP contribution in [0.3, 0.4) is 0 Å². The van der Waals surface area contributed by atoms with Crippen LogP contribution in [0, 0.1) is 11.8 Å². The number of ether oxygens (including phenoxy) is 9. The lowest BCUT2D eigenvalue weighted by Crippen LogP contribution is -2.42. The maximum atomic E-state index is 12.2. The Morgan fingerprint density at radius 1 is 0.712 bits per heavy atom. The van der Waals surface area contributed by atoms with Gasteiger partial charge in [-0.3, -0.25) is 19.2 Å². The average Bonchev–Trinajstić information content (AvgIpc) is 3.78. The van der Waals surface area contributed by atoms with Crippen LogP contribution in [0.25, 0.3) is 0 Å². The molecule has 2 aromatic rings. The zero-order valence-electron chi connectivity index (χ0n) is 38.6. The Morgan fingerprint density at radius 2 is 1.26 bits per heavy atom. The second-order valence-electron chi connectivity index (χ2n) is 14.1. The van der Waals surface area contributed by atoms with Gasteiger partial charge in [-0.25, -0.2) is 14.6 Å². The number of Topliss-reactive ketones (excluding diaryl/α,β-unsaturated/α-hetero) is 1. The molecule has 5 N–H and O–H groups in total. The molecule has 2 aromatic heterocycles. The Hall–Kier alpha value is -3.66. The Bertz CT molecular complexity index is 1640. The van der Waals surface area contributed by atoms with Gasteiger partial charge in [-0.2, -0.15) is 10.1 Å². The highest BCUT2D eigenvalue weighted by atomic mass is 32.3. The maximum absolute atomic E-state index is 12.2. The third kappa shape index (κ3) is 33.8. The van der Waals surface area contributed by atoms with Crippen LogP contribution in [0.4, 0.5) is 0 Å². The number of nitrogens with two attached hydrogens (primary N) is 1. The molecule has 0 aromatic carbocycles. The van der Waals surface area contributed by atoms with Gasteiger partial charge in [-0.15, -0.1) is 5.10 Å². The number of aromatic nitrogens is 5. The van der Waals surface area contributed by atoms with Gasteiger partial charge in [0.2, 0.25) is 17.7 Å². The van der Waals surface area contributed by atoms with Gasteiger partial charge in [-0.1, -0.05) is 17.1 Å². The molecule has 0 spiro atoms. The third-order valence-corrected chi connectivity index (χ3v) is 10.3. The number of nitrogens with one attached hydrogen (secondary N) is 3. The molecule has 0 bridgehead atoms. The fraction of sp³-hybridized carbons (Fsp3) is 0.714. The zero-order valence-corrected chi connectivity index (χ0v) is 41.5. The lowest BCUT2D eigenvalue weighted by molar-refractivity contribution is -0.133. The van der Waals surface area contributed by atoms with Crippen LogP contribution in [0.15, 0.2) is 23.7 Å². The number of carbonyl (C=O) groups excluding carboxylic acids is 4. The normalized spacial score (nSPS) is 11.5. The fourth-order valence-corrected chi connectivity index (χ4v) is 6.20. The molecule has 1 atom stereocenters. The van der Waals surface area contributed by atoms with E-state index < -0.39 is 11.9 Å². The van der Waals surface area contributed by atoms with Crippen molar-refractivity contribution in [2.45, 2.75) is 69.7 Å². The molecule has 0 aliphatic carbocycles. The number of nitrogens with zero attached hydrogens (tertiary/aromatic N) is 5. The second-order valence-corrected chi connectivity index (χ2v) is 16.1. The largest absolute Gasteiger partial charge is 0.377 e. The van der Waals surface area contributed by atoms with E-state index in [1.54, 1.807) is 33.4 Å². The van der Waals surface area contributed by atoms with E-state index in [-0.39, 0.29) is 37.4 Å². The molecule has 0 saturated heterocycles. The minimum absolute atomic E-state index is 0.0588. The average molecular weight is 968 g/mol. The highest BCUT2D eigenvalue weighted by Crippen LogP contribution is 2.06. The molecule has 0 fully saturated rings. The summed E-state index contributed by atoms with van der Waals surface area (Å²) in [7, 11) is 1.61. The van der Waals surface area contributed by atoms with Crippen LogP contribution < -0.4 is 21.7 Å². The summed E-state index contributed by atoms with van der Waals surface area (Å²) in [6.45, 7) is 9.29. The highest BCUT2D eigenvalue weighted by molar-refractivity contribution is 8.19. The number of ketones is 1. The third-order valence-electron chi connectivity index (χ3n) is 8.68. The van der Waals surface area contributed by atoms with Crippen LogP contribution in [0.5, 0.6) is 0 Å². The molecule has 22 nitrogen and oxygen atoms in total. The zero-order chi connectivity index (χ0) is 47.6. The van der Waals surface area contributed by atoms with Gasteiger partial charge < -0.3 is 64.3 Å². The van der Waals surface area contributed by atoms with Crippen molar-refractivity contribution < 1.29 is 61.8 Å². The van der Waals surface area contributed by atoms with E-state index in [9.17, 15) is 19.2 Å². The molecule has 0 aliphatic heterocycles. The monoisotopic (exact) mass is 967 g/mol. The molecule has 0 aliphatic rings. The number of unbranched alkanes of at least 4 members (excludes halogenated alkanes) is 2. The van der Waals surface area contributed by atoms with Gasteiger partial charge in [0.05, 0.1) is 137 Å². The first-order valence-electron chi connectivity index (χ1n) is 22.3. The Balaban J connectivity index is 1.24. The topological polar surface area (TPSA) is 270 Å². The summed E-state index contributed by atoms with van der Waals surface area (Å²) < 4.78 is 50.8. The quantitative estimate of drug-likeness (QED) is 0.0269. The molecular formula is C42H70AlN9O13S. The van der Waals surface area contributed by atoms with Crippen molar-refractivity contribution in [3.8, 4) is 11.8 Å². The first-order valence-corrected chi connectivity index (χ1v) is 25.9. The van der Waals surface area contributed by atoms with Gasteiger partial charge in [0.1, 0.15) is 18.9 Å². The minimum Gasteiger partial charge on any atom is -0.377 e. The Kier molecular flexibility index (Phi) is 36.8. The van der Waals surface area contributed by atoms with Gasteiger partial charge >= 0.3 is 15.2 Å². The molecule has 2 rings (SSSR count). The maximum Gasteiger partial charge on any atom is 0.316 e. The molecule has 0 saturated carbocycles. The van der Waals surface area contributed by atoms with E-state index in [2.05, 4.69) is 48.1 Å². The molecular weight excluding hydrogens is 898 g/mol. The van der Waals surface area contributed by atoms with Crippen molar-refractivity contribution >= 4 is 48.8 Å². The molecule has 66 heavy (non-hydrogen) atoms. The van der Waals surface area contributed by atoms with Crippen molar-refractivity contribution in [3.05, 3.63) is 29.8 Å². The van der Waals surface area contributed by atoms with Crippen LogP contribution in [-0.2, 0) is 74.9 Å². The number of hydrogen-bond donors (Lipinski definition) is 4. The summed E-state index contributed by atoms with van der Waals surface area (Å²) in [5, 5.41) is 17.1. The summed E-state index contributed by atoms with van der Waals surface area (Å²) in [6.07, 6.45) is 8.89. The minimum atomic E-state index is -0.580. The van der Waals surface area contributed by atoms with E-state index in [0.29, 0.717) is 157 Å². The molecule has 3 amide bonds. The van der Waals surface area contributed by atoms with Crippen LogP contribution in [-0.4, -0.2) is 202 Å². The standard InChI is InChI=1S/C42H69N9O13S.Al.2H/c1-35(52)38(8-5-6-10-43)48-41(55)34-64-33-40(54)44-11-13-56-15-17-58-19-21-60-23-25-62-27-28-63-26-24-61-22-20-59-18-16-57-14-12-51-32-37(49-50-51)31-45-39(53)9-4-2-3-7-36-29-46-42(65)47-30-36;;;/h29-30,32,38H,2,4-6,8-28,31,33-34,43H2,1H3,(H,44,54)(H,45,53)(H,48,55)(H,46,47,65);;;/q;+1;;/p-1/t38-;;;/m0.../s1. The first-order chi connectivity index (χ1) is 32.3. The van der Waals surface area contributed by atoms with Gasteiger partial charge in [0.25, 0.3) is 0 Å². The first kappa shape index (κ1) is 58.5. The van der Waals surface area contributed by atoms with Crippen molar-refractivity contribution in [1.29, 1.82) is 0 Å². The lowest BCUT2D eigenvalue weighted by atomic mass is 10.1. The molecule has 0 unspecified atom stereocenters. The highest BCUT2D eigenvalue weighted by Gasteiger charge is 2.17. The predicted octanol–water partition coefficient (Wildman–Crippen LogP) is -0.985. The fourth-order valence-electron chi connectivity index (χ4n) is 5.25. The van der Waals surface area contributed by atoms with Crippen LogP contribution >= 0.6 is 10.1 Å². The van der Waals surface area contributed by atoms with E-state index in [0.717, 1.165) is 38.7 Å². The summed E-state index contributed by atoms with van der Waals surface area (Å²) in [5.74, 6) is 5.06. The van der Waals surface area contributed by atoms with E-state index >= 15 is 0 Å². The number of rotatable bonds is 43. The van der Waals surface area contributed by atoms with Crippen molar-refractivity contribution in [2.75, 3.05) is 132 Å². The Labute approximate surface area is 399 Å². The van der Waals surface area contributed by atoms with Crippen LogP contribution in [0.2, 0.25) is 0 Å². The smallest absolute Gasteiger partial charge is 0.316 e. The van der Waals surface area contributed by atoms with E-state index in [1.165, 1.54) is 6.92 Å². The SMILES string of the molecule is CC(=O)[C@H](CCCCN)NC(=O)COCC(=O)NCCOCCOCCOCCOCCOCCOCCOCCOCCn1cc(CNC(=O)CCCC#Cc2cnc([S][AlH2])nc2)nn1. The summed E-state index contributed by atoms with van der Waals surface area (Å²) >= 11 is 0.948. The summed E-state index contributed by atoms with van der Waals surface area (Å²) in [5.41, 5.74) is 6.91. The van der Waals surface area contributed by atoms with Crippen molar-refractivity contribution in [1.82, 2.24) is 40.9 Å². The van der Waals surface area contributed by atoms with E-state index in [4.69, 9.17) is 48.4 Å². The van der Waals surface area contributed by atoms with E-state index in [1.807, 2.05) is 0 Å². The number of carbonyl (C=O) groups is 4.